The zero-order valence-corrected chi connectivity index (χ0v) is 7.45. The summed E-state index contributed by atoms with van der Waals surface area (Å²) in [5, 5.41) is 23.4. The second kappa shape index (κ2) is 7.84. The third-order valence-electron chi connectivity index (χ3n) is 0.622. The average molecular weight is 182 g/mol. The van der Waals surface area contributed by atoms with E-state index in [-0.39, 0.29) is 6.61 Å². The van der Waals surface area contributed by atoms with E-state index in [0.29, 0.717) is 0 Å². The Morgan fingerprint density at radius 2 is 1.73 bits per heavy atom. The largest absolute Gasteiger partial charge is 0.480 e. The van der Waals surface area contributed by atoms with Gasteiger partial charge in [0.05, 0.1) is 18.0 Å². The Bertz CT molecular complexity index is 103. The second-order valence-electron chi connectivity index (χ2n) is 2.05. The van der Waals surface area contributed by atoms with E-state index in [1.807, 2.05) is 0 Å². The van der Waals surface area contributed by atoms with Crippen LogP contribution in [0.5, 0.6) is 0 Å². The highest BCUT2D eigenvalue weighted by molar-refractivity contribution is 7.81. The topological polar surface area (TPSA) is 77.8 Å². The maximum Gasteiger partial charge on any atom is 0.316 e. The predicted octanol–water partition coefficient (Wildman–Crippen LogP) is -0.251. The van der Waals surface area contributed by atoms with Gasteiger partial charge in [0, 0.05) is 0 Å². The van der Waals surface area contributed by atoms with Crippen LogP contribution in [0.4, 0.5) is 0 Å². The van der Waals surface area contributed by atoms with Crippen LogP contribution in [0.3, 0.4) is 0 Å². The van der Waals surface area contributed by atoms with Gasteiger partial charge in [0.2, 0.25) is 0 Å². The number of hydrogen-bond donors (Lipinski definition) is 4. The minimum atomic E-state index is -0.877. The number of carboxylic acid groups (broad SMARTS) is 1. The first kappa shape index (κ1) is 13.3. The highest BCUT2D eigenvalue weighted by atomic mass is 32.1. The van der Waals surface area contributed by atoms with Crippen molar-refractivity contribution in [3.63, 3.8) is 0 Å². The van der Waals surface area contributed by atoms with Gasteiger partial charge in [-0.15, -0.1) is 0 Å². The van der Waals surface area contributed by atoms with Gasteiger partial charge in [0.25, 0.3) is 0 Å². The van der Waals surface area contributed by atoms with Crippen molar-refractivity contribution in [3.05, 3.63) is 0 Å². The zero-order valence-electron chi connectivity index (χ0n) is 6.56. The molecule has 0 aromatic rings. The molecule has 0 saturated carbocycles. The Kier molecular flexibility index (Phi) is 9.51. The molecule has 0 aliphatic heterocycles. The molecule has 0 aliphatic carbocycles. The first-order chi connectivity index (χ1) is 4.91. The fourth-order valence-electron chi connectivity index (χ4n) is 0. The van der Waals surface area contributed by atoms with Gasteiger partial charge in [-0.25, -0.2) is 0 Å². The molecule has 0 fully saturated rings. The van der Waals surface area contributed by atoms with Gasteiger partial charge in [-0.2, -0.15) is 12.6 Å². The van der Waals surface area contributed by atoms with E-state index in [1.165, 1.54) is 13.8 Å². The molecule has 0 amide bonds. The van der Waals surface area contributed by atoms with Gasteiger partial charge < -0.3 is 15.3 Å². The van der Waals surface area contributed by atoms with Gasteiger partial charge >= 0.3 is 5.97 Å². The standard InChI is InChI=1S/C3H6O2S.C3H8O2/c1-2(6)3(4)5;1-3(5)2-4/h2,6H,1H3,(H,4,5);3-5H,2H2,1H3. The molecule has 11 heavy (non-hydrogen) atoms. The normalized spacial score (nSPS) is 14.3. The van der Waals surface area contributed by atoms with E-state index in [1.54, 1.807) is 0 Å². The van der Waals surface area contributed by atoms with E-state index in [4.69, 9.17) is 15.3 Å². The Morgan fingerprint density at radius 1 is 1.55 bits per heavy atom. The minimum absolute atomic E-state index is 0.139. The van der Waals surface area contributed by atoms with E-state index < -0.39 is 17.3 Å². The Balaban J connectivity index is 0. The number of aliphatic carboxylic acids is 1. The first-order valence-electron chi connectivity index (χ1n) is 3.11. The molecule has 0 bridgehead atoms. The van der Waals surface area contributed by atoms with E-state index in [2.05, 4.69) is 12.6 Å². The second-order valence-corrected chi connectivity index (χ2v) is 2.82. The fraction of sp³-hybridized carbons (Fsp3) is 0.833. The number of carboxylic acids is 1. The fourth-order valence-corrected chi connectivity index (χ4v) is 0. The van der Waals surface area contributed by atoms with Crippen LogP contribution in [0, 0.1) is 0 Å². The van der Waals surface area contributed by atoms with E-state index in [0.717, 1.165) is 0 Å². The lowest BCUT2D eigenvalue weighted by atomic mass is 10.5. The Hall–Kier alpha value is -0.260. The van der Waals surface area contributed by atoms with Crippen molar-refractivity contribution < 1.29 is 20.1 Å². The summed E-state index contributed by atoms with van der Waals surface area (Å²) in [5.74, 6) is -0.877. The van der Waals surface area contributed by atoms with Gasteiger partial charge in [0.15, 0.2) is 0 Å². The van der Waals surface area contributed by atoms with Crippen molar-refractivity contribution in [2.24, 2.45) is 0 Å². The quantitative estimate of drug-likeness (QED) is 0.444. The number of thiol groups is 1. The summed E-state index contributed by atoms with van der Waals surface area (Å²) in [5.41, 5.74) is 0. The maximum atomic E-state index is 9.62. The minimum Gasteiger partial charge on any atom is -0.480 e. The maximum absolute atomic E-state index is 9.62. The monoisotopic (exact) mass is 182 g/mol. The molecule has 4 nitrogen and oxygen atoms in total. The molecule has 3 N–H and O–H groups in total. The molecule has 68 valence electrons. The highest BCUT2D eigenvalue weighted by Gasteiger charge is 2.00. The van der Waals surface area contributed by atoms with Crippen molar-refractivity contribution in [3.8, 4) is 0 Å². The van der Waals surface area contributed by atoms with Crippen LogP contribution in [0.2, 0.25) is 0 Å². The first-order valence-corrected chi connectivity index (χ1v) is 3.63. The molecule has 5 heteroatoms. The summed E-state index contributed by atoms with van der Waals surface area (Å²) < 4.78 is 0. The third-order valence-corrected chi connectivity index (χ3v) is 0.842. The number of carbonyl (C=O) groups is 1. The Labute approximate surface area is 71.3 Å². The van der Waals surface area contributed by atoms with Gasteiger partial charge in [-0.1, -0.05) is 0 Å². The zero-order chi connectivity index (χ0) is 9.44. The van der Waals surface area contributed by atoms with Crippen LogP contribution < -0.4 is 0 Å². The van der Waals surface area contributed by atoms with Crippen molar-refractivity contribution in [2.45, 2.75) is 25.2 Å². The number of rotatable bonds is 2. The SMILES string of the molecule is CC(O)CO.CC(S)C(=O)O. The molecular weight excluding hydrogens is 168 g/mol. The molecule has 0 spiro atoms. The summed E-state index contributed by atoms with van der Waals surface area (Å²) in [6.07, 6.45) is -0.560. The molecule has 0 rings (SSSR count). The molecular formula is C6H14O4S. The third kappa shape index (κ3) is 17.7. The van der Waals surface area contributed by atoms with Crippen LogP contribution in [-0.2, 0) is 4.79 Å². The molecule has 0 saturated heterocycles. The smallest absolute Gasteiger partial charge is 0.316 e. The highest BCUT2D eigenvalue weighted by Crippen LogP contribution is 1.88. The number of aliphatic hydroxyl groups excluding tert-OH is 2. The van der Waals surface area contributed by atoms with Crippen molar-refractivity contribution >= 4 is 18.6 Å². The van der Waals surface area contributed by atoms with E-state index in [9.17, 15) is 4.79 Å². The molecule has 0 aromatic carbocycles. The van der Waals surface area contributed by atoms with Crippen molar-refractivity contribution in [1.29, 1.82) is 0 Å². The van der Waals surface area contributed by atoms with Gasteiger partial charge in [-0.05, 0) is 13.8 Å². The summed E-state index contributed by atoms with van der Waals surface area (Å²) in [6, 6.07) is 0. The molecule has 2 atom stereocenters. The molecule has 0 aliphatic rings. The lowest BCUT2D eigenvalue weighted by molar-refractivity contribution is -0.136. The summed E-state index contributed by atoms with van der Waals surface area (Å²) in [7, 11) is 0. The lowest BCUT2D eigenvalue weighted by Gasteiger charge is -1.90. The predicted molar refractivity (Wildman–Crippen MR) is 44.9 cm³/mol. The van der Waals surface area contributed by atoms with Gasteiger partial charge in [-0.3, -0.25) is 4.79 Å². The molecule has 0 radical (unpaired) electrons. The molecule has 0 aromatic heterocycles. The van der Waals surface area contributed by atoms with E-state index >= 15 is 0 Å². The van der Waals surface area contributed by atoms with Crippen LogP contribution in [0.15, 0.2) is 0 Å². The molecule has 2 unspecified atom stereocenters. The van der Waals surface area contributed by atoms with Crippen LogP contribution in [-0.4, -0.2) is 39.2 Å². The van der Waals surface area contributed by atoms with Crippen molar-refractivity contribution in [1.82, 2.24) is 0 Å². The van der Waals surface area contributed by atoms with Crippen molar-refractivity contribution in [2.75, 3.05) is 6.61 Å². The summed E-state index contributed by atoms with van der Waals surface area (Å²) in [6.45, 7) is 2.89. The summed E-state index contributed by atoms with van der Waals surface area (Å²) >= 11 is 3.59. The number of aliphatic hydroxyl groups is 2. The average Bonchev–Trinajstić information content (AvgIpc) is 1.89. The summed E-state index contributed by atoms with van der Waals surface area (Å²) in [4.78, 5) is 9.62. The Morgan fingerprint density at radius 3 is 1.73 bits per heavy atom. The van der Waals surface area contributed by atoms with Crippen LogP contribution >= 0.6 is 12.6 Å². The lowest BCUT2D eigenvalue weighted by Crippen LogP contribution is -2.06. The van der Waals surface area contributed by atoms with Crippen LogP contribution in [0.1, 0.15) is 13.8 Å². The number of hydrogen-bond acceptors (Lipinski definition) is 4. The molecule has 0 heterocycles. The van der Waals surface area contributed by atoms with Crippen LogP contribution in [0.25, 0.3) is 0 Å². The van der Waals surface area contributed by atoms with Gasteiger partial charge in [0.1, 0.15) is 0 Å².